The zero-order valence-electron chi connectivity index (χ0n) is 16.1. The molecular formula is C20H22FN5O3. The topological polar surface area (TPSA) is 87.5 Å². The maximum atomic E-state index is 14.3. The number of urea groups is 1. The molecule has 152 valence electrons. The Morgan fingerprint density at radius 2 is 2.00 bits per heavy atom. The molecule has 0 bridgehead atoms. The van der Waals surface area contributed by atoms with Crippen LogP contribution in [0.25, 0.3) is 5.69 Å². The number of nitrogens with zero attached hydrogens (tertiary/aromatic N) is 4. The molecule has 0 radical (unpaired) electrons. The van der Waals surface area contributed by atoms with Gasteiger partial charge in [-0.25, -0.2) is 13.9 Å². The monoisotopic (exact) mass is 399 g/mol. The molecular weight excluding hydrogens is 377 g/mol. The summed E-state index contributed by atoms with van der Waals surface area (Å²) in [6.07, 6.45) is 7.18. The number of aromatic nitrogens is 2. The van der Waals surface area contributed by atoms with Crippen molar-refractivity contribution in [1.29, 1.82) is 0 Å². The Kier molecular flexibility index (Phi) is 4.81. The minimum Gasteiger partial charge on any atom is -0.324 e. The first kappa shape index (κ1) is 19.1. The average Bonchev–Trinajstić information content (AvgIpc) is 3.29. The zero-order valence-corrected chi connectivity index (χ0v) is 16.1. The van der Waals surface area contributed by atoms with Crippen LogP contribution in [0.4, 0.5) is 14.9 Å². The Morgan fingerprint density at radius 1 is 1.24 bits per heavy atom. The molecule has 1 saturated carbocycles. The highest BCUT2D eigenvalue weighted by Gasteiger charge is 2.55. The van der Waals surface area contributed by atoms with Crippen LogP contribution >= 0.6 is 0 Å². The van der Waals surface area contributed by atoms with Crippen LogP contribution in [0.3, 0.4) is 0 Å². The fourth-order valence-corrected chi connectivity index (χ4v) is 4.20. The second-order valence-corrected chi connectivity index (χ2v) is 7.49. The van der Waals surface area contributed by atoms with Crippen LogP contribution < -0.4 is 5.32 Å². The Bertz CT molecular complexity index is 953. The van der Waals surface area contributed by atoms with E-state index in [9.17, 15) is 18.8 Å². The number of rotatable bonds is 4. The summed E-state index contributed by atoms with van der Waals surface area (Å²) < 4.78 is 15.7. The lowest BCUT2D eigenvalue weighted by Gasteiger charge is -2.35. The summed E-state index contributed by atoms with van der Waals surface area (Å²) in [4.78, 5) is 40.4. The second kappa shape index (κ2) is 7.31. The van der Waals surface area contributed by atoms with E-state index in [1.807, 2.05) is 0 Å². The van der Waals surface area contributed by atoms with Gasteiger partial charge in [-0.3, -0.25) is 14.5 Å². The molecule has 1 aliphatic carbocycles. The van der Waals surface area contributed by atoms with Gasteiger partial charge in [-0.1, -0.05) is 19.3 Å². The number of carbonyl (C=O) groups is 3. The maximum absolute atomic E-state index is 14.3. The Balaban J connectivity index is 1.45. The van der Waals surface area contributed by atoms with Crippen LogP contribution in [0, 0.1) is 5.82 Å². The van der Waals surface area contributed by atoms with Gasteiger partial charge in [-0.2, -0.15) is 5.10 Å². The van der Waals surface area contributed by atoms with Crippen molar-refractivity contribution in [2.24, 2.45) is 0 Å². The Hall–Kier alpha value is -3.23. The van der Waals surface area contributed by atoms with Crippen LogP contribution in [0.5, 0.6) is 0 Å². The minimum absolute atomic E-state index is 0.239. The summed E-state index contributed by atoms with van der Waals surface area (Å²) in [5, 5.41) is 6.53. The van der Waals surface area contributed by atoms with E-state index < -0.39 is 29.8 Å². The number of amides is 4. The van der Waals surface area contributed by atoms with Crippen LogP contribution in [0.2, 0.25) is 0 Å². The van der Waals surface area contributed by atoms with Gasteiger partial charge in [-0.15, -0.1) is 0 Å². The van der Waals surface area contributed by atoms with E-state index >= 15 is 0 Å². The Labute approximate surface area is 167 Å². The molecule has 1 spiro atoms. The SMILES string of the molecule is CN1C(=O)N(CC(=O)Nc2ccc(-n3cccn3)c(F)c2)C(=O)C12CCCCC2. The van der Waals surface area contributed by atoms with Gasteiger partial charge >= 0.3 is 6.03 Å². The molecule has 1 N–H and O–H groups in total. The van der Waals surface area contributed by atoms with Gasteiger partial charge in [0.2, 0.25) is 5.91 Å². The van der Waals surface area contributed by atoms with E-state index in [2.05, 4.69) is 10.4 Å². The van der Waals surface area contributed by atoms with Gasteiger partial charge in [0.05, 0.1) is 0 Å². The average molecular weight is 399 g/mol. The molecule has 1 aliphatic heterocycles. The number of anilines is 1. The molecule has 2 aliphatic rings. The maximum Gasteiger partial charge on any atom is 0.327 e. The van der Waals surface area contributed by atoms with Gasteiger partial charge in [0, 0.05) is 25.1 Å². The highest BCUT2D eigenvalue weighted by atomic mass is 19.1. The van der Waals surface area contributed by atoms with E-state index in [1.54, 1.807) is 25.4 Å². The molecule has 29 heavy (non-hydrogen) atoms. The van der Waals surface area contributed by atoms with E-state index in [0.717, 1.165) is 24.2 Å². The third-order valence-corrected chi connectivity index (χ3v) is 5.77. The van der Waals surface area contributed by atoms with Crippen LogP contribution in [-0.4, -0.2) is 56.6 Å². The summed E-state index contributed by atoms with van der Waals surface area (Å²) >= 11 is 0. The highest BCUT2D eigenvalue weighted by Crippen LogP contribution is 2.39. The molecule has 2 fully saturated rings. The predicted molar refractivity (Wildman–Crippen MR) is 103 cm³/mol. The fraction of sp³-hybridized carbons (Fsp3) is 0.400. The number of halogens is 1. The molecule has 0 atom stereocenters. The predicted octanol–water partition coefficient (Wildman–Crippen LogP) is 2.55. The van der Waals surface area contributed by atoms with E-state index in [4.69, 9.17) is 0 Å². The number of hydrogen-bond donors (Lipinski definition) is 1. The van der Waals surface area contributed by atoms with E-state index in [1.165, 1.54) is 27.9 Å². The lowest BCUT2D eigenvalue weighted by Crippen LogP contribution is -2.49. The number of nitrogens with one attached hydrogen (secondary N) is 1. The first-order chi connectivity index (χ1) is 13.9. The van der Waals surface area contributed by atoms with Crippen molar-refractivity contribution in [2.45, 2.75) is 37.6 Å². The molecule has 4 rings (SSSR count). The van der Waals surface area contributed by atoms with Gasteiger partial charge < -0.3 is 10.2 Å². The molecule has 9 heteroatoms. The summed E-state index contributed by atoms with van der Waals surface area (Å²) in [7, 11) is 1.62. The van der Waals surface area contributed by atoms with Crippen LogP contribution in [0.1, 0.15) is 32.1 Å². The van der Waals surface area contributed by atoms with E-state index in [0.29, 0.717) is 12.8 Å². The summed E-state index contributed by atoms with van der Waals surface area (Å²) in [5.74, 6) is -1.43. The lowest BCUT2D eigenvalue weighted by atomic mass is 9.81. The van der Waals surface area contributed by atoms with E-state index in [-0.39, 0.29) is 17.3 Å². The fourth-order valence-electron chi connectivity index (χ4n) is 4.20. The van der Waals surface area contributed by atoms with Crippen molar-refractivity contribution >= 4 is 23.5 Å². The molecule has 1 saturated heterocycles. The number of likely N-dealkylation sites (N-methyl/N-ethyl adjacent to an activating group) is 1. The summed E-state index contributed by atoms with van der Waals surface area (Å²) in [6.45, 7) is -0.397. The normalized spacial score (nSPS) is 18.6. The minimum atomic E-state index is -0.826. The van der Waals surface area contributed by atoms with Crippen molar-refractivity contribution in [3.8, 4) is 5.69 Å². The molecule has 1 aromatic heterocycles. The van der Waals surface area contributed by atoms with Crippen molar-refractivity contribution < 1.29 is 18.8 Å². The molecule has 2 heterocycles. The Morgan fingerprint density at radius 3 is 2.66 bits per heavy atom. The molecule has 2 aromatic rings. The number of imide groups is 1. The van der Waals surface area contributed by atoms with Crippen LogP contribution in [0.15, 0.2) is 36.7 Å². The summed E-state index contributed by atoms with van der Waals surface area (Å²) in [6, 6.07) is 5.43. The van der Waals surface area contributed by atoms with Crippen LogP contribution in [-0.2, 0) is 9.59 Å². The second-order valence-electron chi connectivity index (χ2n) is 7.49. The number of carbonyl (C=O) groups excluding carboxylic acids is 3. The van der Waals surface area contributed by atoms with Crippen molar-refractivity contribution in [2.75, 3.05) is 18.9 Å². The highest BCUT2D eigenvalue weighted by molar-refractivity contribution is 6.10. The first-order valence-corrected chi connectivity index (χ1v) is 9.61. The standard InChI is InChI=1S/C20H22FN5O3/c1-24-19(29)25(18(28)20(24)8-3-2-4-9-20)13-17(27)23-14-6-7-16(15(21)12-14)26-11-5-10-22-26/h5-7,10-12H,2-4,8-9,13H2,1H3,(H,23,27). The molecule has 8 nitrogen and oxygen atoms in total. The van der Waals surface area contributed by atoms with Gasteiger partial charge in [0.15, 0.2) is 5.82 Å². The van der Waals surface area contributed by atoms with Crippen molar-refractivity contribution in [3.63, 3.8) is 0 Å². The molecule has 4 amide bonds. The third kappa shape index (κ3) is 3.26. The number of benzene rings is 1. The summed E-state index contributed by atoms with van der Waals surface area (Å²) in [5.41, 5.74) is -0.338. The largest absolute Gasteiger partial charge is 0.327 e. The van der Waals surface area contributed by atoms with Gasteiger partial charge in [0.25, 0.3) is 5.91 Å². The smallest absolute Gasteiger partial charge is 0.324 e. The lowest BCUT2D eigenvalue weighted by molar-refractivity contribution is -0.136. The van der Waals surface area contributed by atoms with Crippen molar-refractivity contribution in [3.05, 3.63) is 42.5 Å². The third-order valence-electron chi connectivity index (χ3n) is 5.77. The van der Waals surface area contributed by atoms with Gasteiger partial charge in [-0.05, 0) is 37.1 Å². The quantitative estimate of drug-likeness (QED) is 0.801. The molecule has 0 unspecified atom stereocenters. The zero-order chi connectivity index (χ0) is 20.6. The number of hydrogen-bond acceptors (Lipinski definition) is 4. The molecule has 1 aromatic carbocycles. The first-order valence-electron chi connectivity index (χ1n) is 9.61. The van der Waals surface area contributed by atoms with Crippen molar-refractivity contribution in [1.82, 2.24) is 19.6 Å². The van der Waals surface area contributed by atoms with Gasteiger partial charge in [0.1, 0.15) is 17.8 Å².